The molecular weight excluding hydrogens is 302 g/mol. The number of aliphatic hydroxyl groups excluding tert-OH is 1. The van der Waals surface area contributed by atoms with Gasteiger partial charge in [-0.3, -0.25) is 9.88 Å². The van der Waals surface area contributed by atoms with Gasteiger partial charge in [0.05, 0.1) is 18.6 Å². The summed E-state index contributed by atoms with van der Waals surface area (Å²) in [5.74, 6) is 0.185. The van der Waals surface area contributed by atoms with Crippen molar-refractivity contribution in [3.63, 3.8) is 0 Å². The molecule has 1 aromatic heterocycles. The first-order chi connectivity index (χ1) is 10.4. The lowest BCUT2D eigenvalue weighted by Crippen LogP contribution is -2.48. The number of likely N-dealkylation sites (tertiary alicyclic amines) is 1. The number of aromatic nitrogens is 1. The van der Waals surface area contributed by atoms with Crippen molar-refractivity contribution in [2.75, 3.05) is 39.0 Å². The van der Waals surface area contributed by atoms with Gasteiger partial charge in [-0.1, -0.05) is 6.07 Å². The average Bonchev–Trinajstić information content (AvgIpc) is 2.88. The van der Waals surface area contributed by atoms with Gasteiger partial charge in [-0.05, 0) is 31.0 Å². The van der Waals surface area contributed by atoms with E-state index in [1.165, 1.54) is 10.6 Å². The molecule has 3 heterocycles. The molecule has 1 aromatic rings. The van der Waals surface area contributed by atoms with Crippen molar-refractivity contribution in [1.82, 2.24) is 14.2 Å². The Morgan fingerprint density at radius 2 is 2.23 bits per heavy atom. The smallest absolute Gasteiger partial charge is 0.211 e. The minimum absolute atomic E-state index is 0.0567. The van der Waals surface area contributed by atoms with E-state index < -0.39 is 10.0 Å². The molecule has 0 saturated carbocycles. The van der Waals surface area contributed by atoms with E-state index in [-0.39, 0.29) is 17.9 Å². The Kier molecular flexibility index (Phi) is 4.24. The number of aliphatic hydroxyl groups is 1. The van der Waals surface area contributed by atoms with Gasteiger partial charge >= 0.3 is 0 Å². The lowest BCUT2D eigenvalue weighted by Gasteiger charge is -2.42. The highest BCUT2D eigenvalue weighted by Crippen LogP contribution is 2.43. The second kappa shape index (κ2) is 5.88. The molecule has 0 bridgehead atoms. The van der Waals surface area contributed by atoms with Gasteiger partial charge in [-0.25, -0.2) is 12.7 Å². The SMILES string of the molecule is CS(=O)(=O)N1CC2CN(Cc3ccccn3)CCC2(CO)C1. The van der Waals surface area contributed by atoms with Crippen molar-refractivity contribution in [1.29, 1.82) is 0 Å². The van der Waals surface area contributed by atoms with E-state index >= 15 is 0 Å². The zero-order valence-corrected chi connectivity index (χ0v) is 13.7. The van der Waals surface area contributed by atoms with Crippen molar-refractivity contribution in [3.05, 3.63) is 30.1 Å². The Morgan fingerprint density at radius 1 is 1.41 bits per heavy atom. The molecule has 0 radical (unpaired) electrons. The van der Waals surface area contributed by atoms with Crippen LogP contribution in [-0.4, -0.2) is 66.8 Å². The number of pyridine rings is 1. The zero-order valence-electron chi connectivity index (χ0n) is 12.9. The fourth-order valence-electron chi connectivity index (χ4n) is 3.68. The second-order valence-corrected chi connectivity index (χ2v) is 8.56. The maximum Gasteiger partial charge on any atom is 0.211 e. The van der Waals surface area contributed by atoms with Crippen LogP contribution >= 0.6 is 0 Å². The summed E-state index contributed by atoms with van der Waals surface area (Å²) in [6, 6.07) is 5.88. The fourth-order valence-corrected chi connectivity index (χ4v) is 4.62. The van der Waals surface area contributed by atoms with Crippen molar-refractivity contribution in [3.8, 4) is 0 Å². The Balaban J connectivity index is 1.72. The third-order valence-electron chi connectivity index (χ3n) is 5.08. The number of nitrogens with zero attached hydrogens (tertiary/aromatic N) is 3. The number of hydrogen-bond acceptors (Lipinski definition) is 5. The number of hydrogen-bond donors (Lipinski definition) is 1. The van der Waals surface area contributed by atoms with Crippen LogP contribution in [0.3, 0.4) is 0 Å². The van der Waals surface area contributed by atoms with E-state index in [4.69, 9.17) is 0 Å². The van der Waals surface area contributed by atoms with Gasteiger partial charge in [0.2, 0.25) is 10.0 Å². The number of sulfonamides is 1. The molecule has 122 valence electrons. The maximum absolute atomic E-state index is 11.8. The Labute approximate surface area is 131 Å². The predicted octanol–water partition coefficient (Wildman–Crippen LogP) is 0.157. The lowest BCUT2D eigenvalue weighted by atomic mass is 9.73. The summed E-state index contributed by atoms with van der Waals surface area (Å²) in [7, 11) is -3.19. The van der Waals surface area contributed by atoms with Gasteiger partial charge in [0.15, 0.2) is 0 Å². The Hall–Kier alpha value is -1.02. The molecule has 0 aliphatic carbocycles. The molecule has 0 amide bonds. The van der Waals surface area contributed by atoms with Crippen LogP contribution in [0, 0.1) is 11.3 Å². The minimum atomic E-state index is -3.19. The van der Waals surface area contributed by atoms with Crippen molar-refractivity contribution in [2.45, 2.75) is 13.0 Å². The monoisotopic (exact) mass is 325 g/mol. The van der Waals surface area contributed by atoms with Gasteiger partial charge in [0.25, 0.3) is 0 Å². The van der Waals surface area contributed by atoms with Gasteiger partial charge in [0, 0.05) is 37.8 Å². The standard InChI is InChI=1S/C15H23N3O3S/c1-22(20,21)18-9-13-8-17(7-5-15(13,11-18)12-19)10-14-4-2-3-6-16-14/h2-4,6,13,19H,5,7-12H2,1H3. The third kappa shape index (κ3) is 3.03. The van der Waals surface area contributed by atoms with Crippen LogP contribution in [0.4, 0.5) is 0 Å². The van der Waals surface area contributed by atoms with E-state index in [1.807, 2.05) is 18.2 Å². The maximum atomic E-state index is 11.8. The first-order valence-electron chi connectivity index (χ1n) is 7.61. The second-order valence-electron chi connectivity index (χ2n) is 6.58. The summed E-state index contributed by atoms with van der Waals surface area (Å²) >= 11 is 0. The summed E-state index contributed by atoms with van der Waals surface area (Å²) in [4.78, 5) is 6.66. The summed E-state index contributed by atoms with van der Waals surface area (Å²) in [6.07, 6.45) is 3.87. The van der Waals surface area contributed by atoms with Crippen molar-refractivity contribution >= 4 is 10.0 Å². The largest absolute Gasteiger partial charge is 0.396 e. The van der Waals surface area contributed by atoms with E-state index in [0.29, 0.717) is 13.1 Å². The normalized spacial score (nSPS) is 30.4. The third-order valence-corrected chi connectivity index (χ3v) is 6.30. The summed E-state index contributed by atoms with van der Waals surface area (Å²) < 4.78 is 25.2. The average molecular weight is 325 g/mol. The van der Waals surface area contributed by atoms with Crippen LogP contribution in [0.25, 0.3) is 0 Å². The highest BCUT2D eigenvalue weighted by atomic mass is 32.2. The first kappa shape index (κ1) is 15.9. The molecule has 3 rings (SSSR count). The zero-order chi connectivity index (χ0) is 15.8. The summed E-state index contributed by atoms with van der Waals surface area (Å²) in [6.45, 7) is 3.47. The minimum Gasteiger partial charge on any atom is -0.396 e. The highest BCUT2D eigenvalue weighted by Gasteiger charge is 2.51. The number of rotatable bonds is 4. The van der Waals surface area contributed by atoms with Crippen LogP contribution in [-0.2, 0) is 16.6 Å². The van der Waals surface area contributed by atoms with Crippen LogP contribution < -0.4 is 0 Å². The van der Waals surface area contributed by atoms with Gasteiger partial charge in [-0.15, -0.1) is 0 Å². The molecule has 2 aliphatic rings. The van der Waals surface area contributed by atoms with Gasteiger partial charge in [-0.2, -0.15) is 0 Å². The van der Waals surface area contributed by atoms with E-state index in [9.17, 15) is 13.5 Å². The van der Waals surface area contributed by atoms with Crippen molar-refractivity contribution < 1.29 is 13.5 Å². The highest BCUT2D eigenvalue weighted by molar-refractivity contribution is 7.88. The van der Waals surface area contributed by atoms with Crippen LogP contribution in [0.2, 0.25) is 0 Å². The fraction of sp³-hybridized carbons (Fsp3) is 0.667. The molecule has 6 nitrogen and oxygen atoms in total. The van der Waals surface area contributed by atoms with Crippen LogP contribution in [0.15, 0.2) is 24.4 Å². The molecule has 2 unspecified atom stereocenters. The Bertz CT molecular complexity index is 622. The molecule has 2 atom stereocenters. The Morgan fingerprint density at radius 3 is 2.86 bits per heavy atom. The molecule has 2 fully saturated rings. The van der Waals surface area contributed by atoms with Crippen LogP contribution in [0.5, 0.6) is 0 Å². The summed E-state index contributed by atoms with van der Waals surface area (Å²) in [5.41, 5.74) is 0.751. The van der Waals surface area contributed by atoms with E-state index in [1.54, 1.807) is 6.20 Å². The van der Waals surface area contributed by atoms with E-state index in [0.717, 1.165) is 31.7 Å². The first-order valence-corrected chi connectivity index (χ1v) is 9.46. The van der Waals surface area contributed by atoms with Crippen LogP contribution in [0.1, 0.15) is 12.1 Å². The van der Waals surface area contributed by atoms with Gasteiger partial charge in [0.1, 0.15) is 0 Å². The molecule has 2 saturated heterocycles. The molecule has 1 N–H and O–H groups in total. The summed E-state index contributed by atoms with van der Waals surface area (Å²) in [5, 5.41) is 9.86. The van der Waals surface area contributed by atoms with E-state index in [2.05, 4.69) is 9.88 Å². The molecule has 7 heteroatoms. The van der Waals surface area contributed by atoms with Crippen molar-refractivity contribution in [2.24, 2.45) is 11.3 Å². The quantitative estimate of drug-likeness (QED) is 0.853. The molecule has 0 aromatic carbocycles. The predicted molar refractivity (Wildman–Crippen MR) is 83.6 cm³/mol. The topological polar surface area (TPSA) is 73.7 Å². The van der Waals surface area contributed by atoms with Gasteiger partial charge < -0.3 is 5.11 Å². The molecular formula is C15H23N3O3S. The number of fused-ring (bicyclic) bond motifs is 1. The molecule has 22 heavy (non-hydrogen) atoms. The number of piperidine rings is 1. The molecule has 0 spiro atoms. The molecule has 2 aliphatic heterocycles. The lowest BCUT2D eigenvalue weighted by molar-refractivity contribution is 0.0166.